The van der Waals surface area contributed by atoms with Crippen LogP contribution in [0.1, 0.15) is 26.2 Å². The number of nitrogens with two attached hydrogens (primary N) is 1. The summed E-state index contributed by atoms with van der Waals surface area (Å²) >= 11 is 0. The molecule has 11 heavy (non-hydrogen) atoms. The average Bonchev–Trinajstić information content (AvgIpc) is 2.39. The second-order valence-corrected chi connectivity index (χ2v) is 3.65. The second-order valence-electron chi connectivity index (χ2n) is 3.65. The normalized spacial score (nSPS) is 30.3. The van der Waals surface area contributed by atoms with Gasteiger partial charge < -0.3 is 15.6 Å². The molecule has 1 fully saturated rings. The molecule has 1 saturated heterocycles. The third kappa shape index (κ3) is 2.77. The van der Waals surface area contributed by atoms with Gasteiger partial charge in [0.05, 0.1) is 12.7 Å². The molecule has 0 aromatic carbocycles. The number of aliphatic hydroxyl groups excluding tert-OH is 1. The Balaban J connectivity index is 2.28. The van der Waals surface area contributed by atoms with E-state index in [9.17, 15) is 0 Å². The molecule has 3 heteroatoms. The number of aliphatic hydroxyl groups is 1. The van der Waals surface area contributed by atoms with Gasteiger partial charge in [0.1, 0.15) is 0 Å². The molecule has 3 N–H and O–H groups in total. The molecule has 3 nitrogen and oxygen atoms in total. The van der Waals surface area contributed by atoms with Gasteiger partial charge in [-0.05, 0) is 26.2 Å². The monoisotopic (exact) mass is 159 g/mol. The Labute approximate surface area is 67.5 Å². The highest BCUT2D eigenvalue weighted by Gasteiger charge is 2.25. The lowest BCUT2D eigenvalue weighted by Crippen LogP contribution is -2.43. The number of ether oxygens (including phenoxy) is 1. The van der Waals surface area contributed by atoms with Gasteiger partial charge in [-0.1, -0.05) is 0 Å². The van der Waals surface area contributed by atoms with Crippen LogP contribution in [0.15, 0.2) is 0 Å². The van der Waals surface area contributed by atoms with E-state index in [-0.39, 0.29) is 12.7 Å². The lowest BCUT2D eigenvalue weighted by atomic mass is 9.95. The van der Waals surface area contributed by atoms with Crippen LogP contribution in [-0.4, -0.2) is 30.0 Å². The fourth-order valence-electron chi connectivity index (χ4n) is 1.39. The molecule has 2 unspecified atom stereocenters. The van der Waals surface area contributed by atoms with Crippen LogP contribution in [0, 0.1) is 0 Å². The van der Waals surface area contributed by atoms with E-state index in [0.717, 1.165) is 25.9 Å². The van der Waals surface area contributed by atoms with Crippen molar-refractivity contribution in [2.45, 2.75) is 37.8 Å². The quantitative estimate of drug-likeness (QED) is 0.621. The minimum absolute atomic E-state index is 0.0346. The van der Waals surface area contributed by atoms with Crippen molar-refractivity contribution < 1.29 is 9.84 Å². The SMILES string of the molecule is CC(N)(CO)CC1CCCO1. The van der Waals surface area contributed by atoms with Gasteiger partial charge in [0.2, 0.25) is 0 Å². The number of hydrogen-bond acceptors (Lipinski definition) is 3. The van der Waals surface area contributed by atoms with Gasteiger partial charge in [-0.15, -0.1) is 0 Å². The van der Waals surface area contributed by atoms with Crippen LogP contribution in [0.4, 0.5) is 0 Å². The Hall–Kier alpha value is -0.120. The molecule has 1 aliphatic rings. The van der Waals surface area contributed by atoms with Crippen molar-refractivity contribution in [2.24, 2.45) is 5.73 Å². The van der Waals surface area contributed by atoms with Gasteiger partial charge in [-0.25, -0.2) is 0 Å². The van der Waals surface area contributed by atoms with Crippen molar-refractivity contribution in [3.63, 3.8) is 0 Å². The minimum atomic E-state index is -0.463. The molecule has 0 saturated carbocycles. The largest absolute Gasteiger partial charge is 0.394 e. The topological polar surface area (TPSA) is 55.5 Å². The summed E-state index contributed by atoms with van der Waals surface area (Å²) in [5, 5.41) is 8.87. The summed E-state index contributed by atoms with van der Waals surface area (Å²) in [7, 11) is 0. The molecule has 0 aromatic heterocycles. The van der Waals surface area contributed by atoms with E-state index in [1.165, 1.54) is 0 Å². The summed E-state index contributed by atoms with van der Waals surface area (Å²) in [6.07, 6.45) is 3.26. The Kier molecular flexibility index (Phi) is 2.87. The molecular formula is C8H17NO2. The van der Waals surface area contributed by atoms with E-state index in [4.69, 9.17) is 15.6 Å². The first kappa shape index (κ1) is 8.97. The van der Waals surface area contributed by atoms with E-state index in [1.807, 2.05) is 6.92 Å². The predicted molar refractivity (Wildman–Crippen MR) is 43.3 cm³/mol. The molecule has 0 radical (unpaired) electrons. The summed E-state index contributed by atoms with van der Waals surface area (Å²) < 4.78 is 5.40. The van der Waals surface area contributed by atoms with Crippen LogP contribution >= 0.6 is 0 Å². The predicted octanol–water partition coefficient (Wildman–Crippen LogP) is 0.265. The van der Waals surface area contributed by atoms with E-state index in [2.05, 4.69) is 0 Å². The smallest absolute Gasteiger partial charge is 0.0609 e. The van der Waals surface area contributed by atoms with Crippen LogP contribution in [0.2, 0.25) is 0 Å². The zero-order chi connectivity index (χ0) is 8.32. The maximum Gasteiger partial charge on any atom is 0.0609 e. The standard InChI is InChI=1S/C8H17NO2/c1-8(9,6-10)5-7-3-2-4-11-7/h7,10H,2-6,9H2,1H3. The summed E-state index contributed by atoms with van der Waals surface area (Å²) in [4.78, 5) is 0. The van der Waals surface area contributed by atoms with Crippen LogP contribution < -0.4 is 5.73 Å². The molecule has 1 heterocycles. The van der Waals surface area contributed by atoms with E-state index >= 15 is 0 Å². The van der Waals surface area contributed by atoms with Crippen molar-refractivity contribution in [1.29, 1.82) is 0 Å². The fraction of sp³-hybridized carbons (Fsp3) is 1.00. The minimum Gasteiger partial charge on any atom is -0.394 e. The zero-order valence-electron chi connectivity index (χ0n) is 7.05. The molecule has 0 aliphatic carbocycles. The van der Waals surface area contributed by atoms with Gasteiger partial charge in [0.15, 0.2) is 0 Å². The van der Waals surface area contributed by atoms with Gasteiger partial charge in [0.25, 0.3) is 0 Å². The first-order chi connectivity index (χ1) is 5.14. The molecule has 1 aliphatic heterocycles. The summed E-state index contributed by atoms with van der Waals surface area (Å²) in [5.41, 5.74) is 5.30. The third-order valence-corrected chi connectivity index (χ3v) is 2.08. The second kappa shape index (κ2) is 3.52. The zero-order valence-corrected chi connectivity index (χ0v) is 7.05. The van der Waals surface area contributed by atoms with Crippen LogP contribution in [-0.2, 0) is 4.74 Å². The molecule has 66 valence electrons. The van der Waals surface area contributed by atoms with Crippen LogP contribution in [0.25, 0.3) is 0 Å². The molecular weight excluding hydrogens is 142 g/mol. The van der Waals surface area contributed by atoms with Gasteiger partial charge in [-0.2, -0.15) is 0 Å². The summed E-state index contributed by atoms with van der Waals surface area (Å²) in [5.74, 6) is 0. The van der Waals surface area contributed by atoms with Gasteiger partial charge >= 0.3 is 0 Å². The van der Waals surface area contributed by atoms with Crippen LogP contribution in [0.5, 0.6) is 0 Å². The van der Waals surface area contributed by atoms with Gasteiger partial charge in [-0.3, -0.25) is 0 Å². The Morgan fingerprint density at radius 2 is 2.45 bits per heavy atom. The highest BCUT2D eigenvalue weighted by Crippen LogP contribution is 2.20. The molecule has 0 aromatic rings. The maximum atomic E-state index is 8.87. The van der Waals surface area contributed by atoms with Crippen LogP contribution in [0.3, 0.4) is 0 Å². The Bertz CT molecular complexity index is 119. The molecule has 2 atom stereocenters. The summed E-state index contributed by atoms with van der Waals surface area (Å²) in [6.45, 7) is 2.74. The molecule has 0 bridgehead atoms. The Morgan fingerprint density at radius 3 is 2.91 bits per heavy atom. The molecule has 0 spiro atoms. The van der Waals surface area contributed by atoms with Crippen molar-refractivity contribution in [3.05, 3.63) is 0 Å². The summed E-state index contributed by atoms with van der Waals surface area (Å²) in [6, 6.07) is 0. The van der Waals surface area contributed by atoms with Crippen molar-refractivity contribution in [1.82, 2.24) is 0 Å². The first-order valence-corrected chi connectivity index (χ1v) is 4.15. The van der Waals surface area contributed by atoms with Crippen molar-refractivity contribution in [3.8, 4) is 0 Å². The first-order valence-electron chi connectivity index (χ1n) is 4.15. The highest BCUT2D eigenvalue weighted by atomic mass is 16.5. The highest BCUT2D eigenvalue weighted by molar-refractivity contribution is 4.82. The van der Waals surface area contributed by atoms with Crippen molar-refractivity contribution >= 4 is 0 Å². The third-order valence-electron chi connectivity index (χ3n) is 2.08. The lowest BCUT2D eigenvalue weighted by molar-refractivity contribution is 0.0709. The fourth-order valence-corrected chi connectivity index (χ4v) is 1.39. The maximum absolute atomic E-state index is 8.87. The van der Waals surface area contributed by atoms with E-state index in [1.54, 1.807) is 0 Å². The number of rotatable bonds is 3. The van der Waals surface area contributed by atoms with E-state index < -0.39 is 5.54 Å². The average molecular weight is 159 g/mol. The van der Waals surface area contributed by atoms with Gasteiger partial charge in [0, 0.05) is 12.1 Å². The Morgan fingerprint density at radius 1 is 1.73 bits per heavy atom. The number of hydrogen-bond donors (Lipinski definition) is 2. The van der Waals surface area contributed by atoms with E-state index in [0.29, 0.717) is 0 Å². The van der Waals surface area contributed by atoms with Crippen molar-refractivity contribution in [2.75, 3.05) is 13.2 Å². The molecule has 1 rings (SSSR count). The molecule has 0 amide bonds. The lowest BCUT2D eigenvalue weighted by Gasteiger charge is -2.24.